The number of benzene rings is 4. The van der Waals surface area contributed by atoms with Crippen LogP contribution in [0.5, 0.6) is 0 Å². The summed E-state index contributed by atoms with van der Waals surface area (Å²) >= 11 is 0. The predicted molar refractivity (Wildman–Crippen MR) is 158 cm³/mol. The molecule has 0 spiro atoms. The number of rotatable bonds is 6. The van der Waals surface area contributed by atoms with E-state index < -0.39 is 5.97 Å². The molecular weight excluding hydrogens is 484 g/mol. The molecule has 0 radical (unpaired) electrons. The van der Waals surface area contributed by atoms with E-state index in [-0.39, 0.29) is 0 Å². The zero-order valence-corrected chi connectivity index (χ0v) is 21.8. The lowest BCUT2D eigenvalue weighted by Crippen LogP contribution is -2.08. The van der Waals surface area contributed by atoms with Gasteiger partial charge in [-0.3, -0.25) is 0 Å². The van der Waals surface area contributed by atoms with Gasteiger partial charge in [-0.2, -0.15) is 0 Å². The average molecular weight is 513 g/mol. The Bertz CT molecular complexity index is 1810. The normalized spacial score (nSPS) is 11.8. The third-order valence-corrected chi connectivity index (χ3v) is 6.60. The van der Waals surface area contributed by atoms with E-state index in [0.29, 0.717) is 33.5 Å². The molecule has 1 heterocycles. The molecule has 5 rings (SSSR count). The molecule has 0 saturated carbocycles. The highest BCUT2D eigenvalue weighted by Gasteiger charge is 2.26. The zero-order valence-electron chi connectivity index (χ0n) is 21.8. The minimum atomic E-state index is -0.461. The number of hydrogen-bond acceptors (Lipinski definition) is 5. The molecule has 0 atom stereocenters. The zero-order chi connectivity index (χ0) is 27.5. The van der Waals surface area contributed by atoms with E-state index in [0.717, 1.165) is 38.8 Å². The van der Waals surface area contributed by atoms with Crippen LogP contribution in [0.1, 0.15) is 22.8 Å². The fourth-order valence-electron chi connectivity index (χ4n) is 4.93. The first-order valence-electron chi connectivity index (χ1n) is 12.5. The topological polar surface area (TPSA) is 89.3 Å². The third-order valence-electron chi connectivity index (χ3n) is 6.60. The second-order valence-corrected chi connectivity index (χ2v) is 9.11. The summed E-state index contributed by atoms with van der Waals surface area (Å²) in [6, 6.07) is 24.6. The molecule has 3 aromatic rings. The van der Waals surface area contributed by atoms with E-state index in [1.54, 1.807) is 24.3 Å². The van der Waals surface area contributed by atoms with Crippen LogP contribution in [0.15, 0.2) is 114 Å². The minimum Gasteiger partial charge on any atom is -0.465 e. The van der Waals surface area contributed by atoms with Gasteiger partial charge in [-0.05, 0) is 65.6 Å². The van der Waals surface area contributed by atoms with Crippen molar-refractivity contribution in [3.05, 3.63) is 126 Å². The second kappa shape index (κ2) is 10.7. The molecule has 1 aliphatic heterocycles. The lowest BCUT2D eigenvalue weighted by Gasteiger charge is -2.22. The van der Waals surface area contributed by atoms with Crippen molar-refractivity contribution in [2.45, 2.75) is 6.92 Å². The van der Waals surface area contributed by atoms with Gasteiger partial charge in [0, 0.05) is 39.9 Å². The van der Waals surface area contributed by atoms with Gasteiger partial charge in [0.25, 0.3) is 0 Å². The van der Waals surface area contributed by atoms with E-state index in [9.17, 15) is 4.79 Å². The number of allylic oxidation sites excluding steroid dienone is 5. The average Bonchev–Trinajstić information content (AvgIpc) is 2.95. The van der Waals surface area contributed by atoms with Gasteiger partial charge in [0.1, 0.15) is 11.3 Å². The van der Waals surface area contributed by atoms with Crippen molar-refractivity contribution in [1.82, 2.24) is 0 Å². The van der Waals surface area contributed by atoms with Gasteiger partial charge in [0.05, 0.1) is 18.0 Å². The maximum absolute atomic E-state index is 13.5. The van der Waals surface area contributed by atoms with E-state index in [4.69, 9.17) is 20.3 Å². The van der Waals surface area contributed by atoms with Gasteiger partial charge in [0.2, 0.25) is 0 Å². The molecule has 5 heteroatoms. The number of fused-ring (bicyclic) bond motifs is 2. The van der Waals surface area contributed by atoms with Crippen molar-refractivity contribution >= 4 is 28.2 Å². The van der Waals surface area contributed by atoms with Gasteiger partial charge >= 0.3 is 5.97 Å². The van der Waals surface area contributed by atoms with Crippen LogP contribution < -0.4 is 11.1 Å². The van der Waals surface area contributed by atoms with Crippen molar-refractivity contribution in [2.24, 2.45) is 0 Å². The standard InChI is InChI=1S/C34H28N2O3/c1-4-9-21(10-5-2)23-17-28(22-11-7-6-8-12-22)33(29(18-23)34(37)38-3)32-26-15-13-24(35)19-30(26)39-31-20-25(36)14-16-27(31)32/h4-20,35H,1,36H2,2-3H3. The van der Waals surface area contributed by atoms with Crippen molar-refractivity contribution in [3.8, 4) is 33.6 Å². The number of anilines is 1. The fourth-order valence-corrected chi connectivity index (χ4v) is 4.93. The molecule has 0 saturated heterocycles. The van der Waals surface area contributed by atoms with Crippen LogP contribution in [0, 0.1) is 5.41 Å². The molecule has 3 aromatic carbocycles. The van der Waals surface area contributed by atoms with Crippen molar-refractivity contribution in [1.29, 1.82) is 5.41 Å². The molecule has 192 valence electrons. The summed E-state index contributed by atoms with van der Waals surface area (Å²) < 4.78 is 11.6. The first-order valence-corrected chi connectivity index (χ1v) is 12.5. The summed E-state index contributed by atoms with van der Waals surface area (Å²) in [6.07, 6.45) is 7.57. The highest BCUT2D eigenvalue weighted by Crippen LogP contribution is 2.46. The molecule has 0 fully saturated rings. The van der Waals surface area contributed by atoms with Gasteiger partial charge in [-0.25, -0.2) is 4.79 Å². The fraction of sp³-hybridized carbons (Fsp3) is 0.0588. The largest absolute Gasteiger partial charge is 0.465 e. The van der Waals surface area contributed by atoms with E-state index in [1.807, 2.05) is 79.7 Å². The number of hydrogen-bond donors (Lipinski definition) is 2. The third kappa shape index (κ3) is 4.78. The highest BCUT2D eigenvalue weighted by atomic mass is 16.5. The first kappa shape index (κ1) is 25.5. The number of nitrogen functional groups attached to an aromatic ring is 1. The number of esters is 1. The van der Waals surface area contributed by atoms with E-state index in [1.165, 1.54) is 7.11 Å². The molecule has 0 amide bonds. The van der Waals surface area contributed by atoms with Gasteiger partial charge in [-0.1, -0.05) is 61.2 Å². The highest BCUT2D eigenvalue weighted by molar-refractivity contribution is 6.12. The van der Waals surface area contributed by atoms with Crippen molar-refractivity contribution < 1.29 is 13.9 Å². The van der Waals surface area contributed by atoms with Gasteiger partial charge in [0.15, 0.2) is 0 Å². The Kier molecular flexibility index (Phi) is 6.98. The summed E-state index contributed by atoms with van der Waals surface area (Å²) in [5, 5.41) is 9.30. The first-order chi connectivity index (χ1) is 18.9. The Hall–Kier alpha value is -5.16. The number of methoxy groups -OCH3 is 1. The summed E-state index contributed by atoms with van der Waals surface area (Å²) in [6.45, 7) is 5.82. The molecular formula is C34H28N2O3. The Morgan fingerprint density at radius 2 is 1.77 bits per heavy atom. The molecule has 5 nitrogen and oxygen atoms in total. The number of ether oxygens (including phenoxy) is 1. The predicted octanol–water partition coefficient (Wildman–Crippen LogP) is 7.87. The number of nitrogens with one attached hydrogen (secondary N) is 1. The maximum Gasteiger partial charge on any atom is 0.338 e. The minimum absolute atomic E-state index is 0.317. The van der Waals surface area contributed by atoms with Crippen LogP contribution in [-0.4, -0.2) is 13.1 Å². The summed E-state index contributed by atoms with van der Waals surface area (Å²) in [5.41, 5.74) is 13.5. The Labute approximate surface area is 227 Å². The quantitative estimate of drug-likeness (QED) is 0.105. The number of carbonyl (C=O) groups is 1. The van der Waals surface area contributed by atoms with Crippen molar-refractivity contribution in [2.75, 3.05) is 12.8 Å². The van der Waals surface area contributed by atoms with Crippen LogP contribution >= 0.6 is 0 Å². The van der Waals surface area contributed by atoms with E-state index >= 15 is 0 Å². The molecule has 0 aromatic heterocycles. The molecule has 2 aliphatic rings. The van der Waals surface area contributed by atoms with Crippen LogP contribution in [0.25, 0.3) is 50.1 Å². The lowest BCUT2D eigenvalue weighted by molar-refractivity contribution is 0.0601. The molecule has 39 heavy (non-hydrogen) atoms. The van der Waals surface area contributed by atoms with Crippen LogP contribution in [0.4, 0.5) is 5.69 Å². The van der Waals surface area contributed by atoms with E-state index in [2.05, 4.69) is 12.6 Å². The monoisotopic (exact) mass is 512 g/mol. The molecule has 0 bridgehead atoms. The molecule has 1 aliphatic carbocycles. The van der Waals surface area contributed by atoms with Crippen LogP contribution in [0.2, 0.25) is 0 Å². The van der Waals surface area contributed by atoms with Crippen LogP contribution in [-0.2, 0) is 4.74 Å². The Balaban J connectivity index is 2.02. The second-order valence-electron chi connectivity index (χ2n) is 9.11. The summed E-state index contributed by atoms with van der Waals surface area (Å²) in [5.74, 6) is 0.0628. The molecule has 3 N–H and O–H groups in total. The SMILES string of the molecule is C=CC=C(C=CC)c1cc(C(=O)OC)c(-c2c3ccc(=N)cc-3oc3cc(N)ccc23)c(-c2ccccc2)c1. The van der Waals surface area contributed by atoms with Gasteiger partial charge in [-0.15, -0.1) is 0 Å². The number of carbonyl (C=O) groups excluding carboxylic acids is 1. The van der Waals surface area contributed by atoms with Crippen molar-refractivity contribution in [3.63, 3.8) is 0 Å². The Morgan fingerprint density at radius 3 is 2.49 bits per heavy atom. The Morgan fingerprint density at radius 1 is 0.974 bits per heavy atom. The summed E-state index contributed by atoms with van der Waals surface area (Å²) in [4.78, 5) is 13.5. The van der Waals surface area contributed by atoms with Crippen LogP contribution in [0.3, 0.4) is 0 Å². The summed E-state index contributed by atoms with van der Waals surface area (Å²) in [7, 11) is 1.39. The number of nitrogens with two attached hydrogens (primary N) is 1. The molecule has 0 unspecified atom stereocenters. The smallest absolute Gasteiger partial charge is 0.338 e. The van der Waals surface area contributed by atoms with Gasteiger partial charge < -0.3 is 20.3 Å². The maximum atomic E-state index is 13.5. The lowest BCUT2D eigenvalue weighted by atomic mass is 9.83.